The van der Waals surface area contributed by atoms with Crippen molar-refractivity contribution in [2.75, 3.05) is 20.2 Å². The number of carbonyl (C=O) groups excluding carboxylic acids is 3. The number of halogens is 2. The summed E-state index contributed by atoms with van der Waals surface area (Å²) in [5.41, 5.74) is 1.99. The maximum absolute atomic E-state index is 12.6. The molecule has 1 fully saturated rings. The number of benzene rings is 2. The fraction of sp³-hybridized carbons (Fsp3) is 0.227. The number of ether oxygens (including phenoxy) is 2. The number of aryl methyl sites for hydroxylation is 1. The van der Waals surface area contributed by atoms with E-state index < -0.39 is 17.8 Å². The first-order valence-corrected chi connectivity index (χ1v) is 10.3. The number of nitrogens with zero attached hydrogens (tertiary/aromatic N) is 1. The van der Waals surface area contributed by atoms with Gasteiger partial charge in [0, 0.05) is 18.7 Å². The van der Waals surface area contributed by atoms with E-state index in [1.54, 1.807) is 12.1 Å². The predicted octanol–water partition coefficient (Wildman–Crippen LogP) is 4.07. The SMILES string of the molecule is COc1cc(/C=C2\SC(=O)N(CCNC(=O)c3ccc(C)cc3)C2=O)ccc1OC(F)F. The summed E-state index contributed by atoms with van der Waals surface area (Å²) >= 11 is 0.756. The Morgan fingerprint density at radius 3 is 2.53 bits per heavy atom. The summed E-state index contributed by atoms with van der Waals surface area (Å²) in [7, 11) is 1.30. The van der Waals surface area contributed by atoms with Crippen LogP contribution in [-0.2, 0) is 4.79 Å². The molecule has 1 heterocycles. The molecule has 0 unspecified atom stereocenters. The zero-order chi connectivity index (χ0) is 23.3. The molecule has 2 aromatic rings. The van der Waals surface area contributed by atoms with E-state index in [1.807, 2.05) is 19.1 Å². The molecule has 3 amide bonds. The number of rotatable bonds is 8. The third-order valence-electron chi connectivity index (χ3n) is 4.51. The highest BCUT2D eigenvalue weighted by molar-refractivity contribution is 8.18. The molecule has 3 rings (SSSR count). The number of nitrogens with one attached hydrogen (secondary N) is 1. The van der Waals surface area contributed by atoms with E-state index in [1.165, 1.54) is 31.4 Å². The minimum atomic E-state index is -3.00. The Labute approximate surface area is 187 Å². The first kappa shape index (κ1) is 23.3. The molecule has 1 aliphatic heterocycles. The molecule has 1 aliphatic rings. The summed E-state index contributed by atoms with van der Waals surface area (Å²) in [6.45, 7) is -0.968. The molecule has 0 atom stereocenters. The van der Waals surface area contributed by atoms with Gasteiger partial charge in [-0.3, -0.25) is 19.3 Å². The number of hydrogen-bond donors (Lipinski definition) is 1. The number of amides is 3. The van der Waals surface area contributed by atoms with E-state index in [2.05, 4.69) is 10.1 Å². The van der Waals surface area contributed by atoms with Crippen molar-refractivity contribution in [3.8, 4) is 11.5 Å². The van der Waals surface area contributed by atoms with Crippen LogP contribution in [0, 0.1) is 6.92 Å². The van der Waals surface area contributed by atoms with Crippen molar-refractivity contribution in [3.05, 3.63) is 64.1 Å². The van der Waals surface area contributed by atoms with Gasteiger partial charge in [0.05, 0.1) is 12.0 Å². The van der Waals surface area contributed by atoms with Gasteiger partial charge in [0.2, 0.25) is 0 Å². The van der Waals surface area contributed by atoms with Crippen molar-refractivity contribution in [1.82, 2.24) is 10.2 Å². The quantitative estimate of drug-likeness (QED) is 0.596. The second-order valence-electron chi connectivity index (χ2n) is 6.74. The van der Waals surface area contributed by atoms with E-state index in [4.69, 9.17) is 4.74 Å². The number of carbonyl (C=O) groups is 3. The lowest BCUT2D eigenvalue weighted by Crippen LogP contribution is -2.37. The third-order valence-corrected chi connectivity index (χ3v) is 5.42. The van der Waals surface area contributed by atoms with Crippen molar-refractivity contribution < 1.29 is 32.6 Å². The van der Waals surface area contributed by atoms with Crippen LogP contribution in [0.15, 0.2) is 47.4 Å². The van der Waals surface area contributed by atoms with Crippen molar-refractivity contribution in [2.24, 2.45) is 0 Å². The molecule has 0 aliphatic carbocycles. The Kier molecular flexibility index (Phi) is 7.47. The molecule has 0 spiro atoms. The molecule has 32 heavy (non-hydrogen) atoms. The Bertz CT molecular complexity index is 1060. The molecule has 7 nitrogen and oxygen atoms in total. The zero-order valence-electron chi connectivity index (χ0n) is 17.3. The normalized spacial score (nSPS) is 14.9. The lowest BCUT2D eigenvalue weighted by Gasteiger charge is -2.13. The average molecular weight is 462 g/mol. The molecule has 10 heteroatoms. The van der Waals surface area contributed by atoms with E-state index >= 15 is 0 Å². The van der Waals surface area contributed by atoms with Crippen LogP contribution < -0.4 is 14.8 Å². The lowest BCUT2D eigenvalue weighted by molar-refractivity contribution is -0.122. The van der Waals surface area contributed by atoms with Crippen LogP contribution in [-0.4, -0.2) is 48.8 Å². The van der Waals surface area contributed by atoms with Gasteiger partial charge in [-0.25, -0.2) is 0 Å². The van der Waals surface area contributed by atoms with Crippen molar-refractivity contribution in [2.45, 2.75) is 13.5 Å². The van der Waals surface area contributed by atoms with E-state index in [-0.39, 0.29) is 35.4 Å². The summed E-state index contributed by atoms with van der Waals surface area (Å²) in [6, 6.07) is 11.2. The topological polar surface area (TPSA) is 84.9 Å². The molecule has 1 saturated heterocycles. The van der Waals surface area contributed by atoms with Crippen LogP contribution in [0.5, 0.6) is 11.5 Å². The maximum Gasteiger partial charge on any atom is 0.387 e. The van der Waals surface area contributed by atoms with Crippen LogP contribution in [0.25, 0.3) is 6.08 Å². The molecule has 0 radical (unpaired) electrons. The largest absolute Gasteiger partial charge is 0.493 e. The van der Waals surface area contributed by atoms with Gasteiger partial charge in [-0.1, -0.05) is 23.8 Å². The van der Waals surface area contributed by atoms with Gasteiger partial charge in [0.25, 0.3) is 17.1 Å². The maximum atomic E-state index is 12.6. The number of thioether (sulfide) groups is 1. The average Bonchev–Trinajstić information content (AvgIpc) is 3.02. The smallest absolute Gasteiger partial charge is 0.387 e. The summed E-state index contributed by atoms with van der Waals surface area (Å²) < 4.78 is 34.3. The third kappa shape index (κ3) is 5.64. The molecule has 1 N–H and O–H groups in total. The highest BCUT2D eigenvalue weighted by atomic mass is 32.2. The molecular weight excluding hydrogens is 442 g/mol. The first-order valence-electron chi connectivity index (χ1n) is 9.51. The van der Waals surface area contributed by atoms with Gasteiger partial charge in [0.1, 0.15) is 0 Å². The van der Waals surface area contributed by atoms with Crippen molar-refractivity contribution in [1.29, 1.82) is 0 Å². The molecule has 0 aromatic heterocycles. The van der Waals surface area contributed by atoms with E-state index in [0.717, 1.165) is 22.2 Å². The number of imide groups is 1. The predicted molar refractivity (Wildman–Crippen MR) is 116 cm³/mol. The summed E-state index contributed by atoms with van der Waals surface area (Å²) in [4.78, 5) is 38.2. The van der Waals surface area contributed by atoms with Gasteiger partial charge in [-0.05, 0) is 54.6 Å². The van der Waals surface area contributed by atoms with Gasteiger partial charge in [0.15, 0.2) is 11.5 Å². The lowest BCUT2D eigenvalue weighted by atomic mass is 10.1. The minimum absolute atomic E-state index is 0.0180. The van der Waals surface area contributed by atoms with Gasteiger partial charge < -0.3 is 14.8 Å². The number of methoxy groups -OCH3 is 1. The first-order chi connectivity index (χ1) is 15.3. The monoisotopic (exact) mass is 462 g/mol. The second-order valence-corrected chi connectivity index (χ2v) is 7.74. The number of alkyl halides is 2. The van der Waals surface area contributed by atoms with Crippen LogP contribution in [0.2, 0.25) is 0 Å². The van der Waals surface area contributed by atoms with Crippen LogP contribution in [0.3, 0.4) is 0 Å². The summed E-state index contributed by atoms with van der Waals surface area (Å²) in [5.74, 6) is -0.878. The fourth-order valence-corrected chi connectivity index (χ4v) is 3.76. The standard InChI is InChI=1S/C22H20F2N2O5S/c1-13-3-6-15(7-4-13)19(27)25-9-10-26-20(28)18(32-22(26)29)12-14-5-8-16(31-21(23)24)17(11-14)30-2/h3-8,11-12,21H,9-10H2,1-2H3,(H,25,27)/b18-12-. The van der Waals surface area contributed by atoms with Crippen molar-refractivity contribution >= 4 is 34.9 Å². The molecule has 2 aromatic carbocycles. The van der Waals surface area contributed by atoms with Gasteiger partial charge >= 0.3 is 6.61 Å². The Morgan fingerprint density at radius 1 is 1.16 bits per heavy atom. The van der Waals surface area contributed by atoms with Crippen LogP contribution in [0.4, 0.5) is 13.6 Å². The van der Waals surface area contributed by atoms with Gasteiger partial charge in [-0.2, -0.15) is 8.78 Å². The van der Waals surface area contributed by atoms with E-state index in [9.17, 15) is 23.2 Å². The fourth-order valence-electron chi connectivity index (χ4n) is 2.90. The molecule has 0 bridgehead atoms. The minimum Gasteiger partial charge on any atom is -0.493 e. The molecular formula is C22H20F2N2O5S. The zero-order valence-corrected chi connectivity index (χ0v) is 18.1. The van der Waals surface area contributed by atoms with Crippen LogP contribution in [0.1, 0.15) is 21.5 Å². The highest BCUT2D eigenvalue weighted by Gasteiger charge is 2.34. The van der Waals surface area contributed by atoms with Crippen LogP contribution >= 0.6 is 11.8 Å². The summed E-state index contributed by atoms with van der Waals surface area (Å²) in [5, 5.41) is 2.22. The molecule has 168 valence electrons. The number of hydrogen-bond acceptors (Lipinski definition) is 6. The Balaban J connectivity index is 1.63. The second kappa shape index (κ2) is 10.3. The molecule has 0 saturated carbocycles. The summed E-state index contributed by atoms with van der Waals surface area (Å²) in [6.07, 6.45) is 1.46. The Hall–Kier alpha value is -3.40. The Morgan fingerprint density at radius 2 is 1.88 bits per heavy atom. The van der Waals surface area contributed by atoms with Crippen molar-refractivity contribution in [3.63, 3.8) is 0 Å². The van der Waals surface area contributed by atoms with E-state index in [0.29, 0.717) is 11.1 Å². The van der Waals surface area contributed by atoms with Gasteiger partial charge in [-0.15, -0.1) is 0 Å². The highest BCUT2D eigenvalue weighted by Crippen LogP contribution is 2.34.